The maximum atomic E-state index is 11.8. The van der Waals surface area contributed by atoms with Crippen LogP contribution in [0.4, 0.5) is 0 Å². The smallest absolute Gasteiger partial charge is 0.219 e. The third kappa shape index (κ3) is 3.75. The minimum atomic E-state index is 0.200. The molecule has 0 saturated carbocycles. The molecule has 2 aliphatic rings. The largest absolute Gasteiger partial charge is 0.340 e. The van der Waals surface area contributed by atoms with Crippen molar-refractivity contribution in [1.82, 2.24) is 14.7 Å². The fraction of sp³-hybridized carbons (Fsp3) is 0.632. The Morgan fingerprint density at radius 1 is 1.09 bits per heavy atom. The van der Waals surface area contributed by atoms with Crippen molar-refractivity contribution in [1.29, 1.82) is 0 Å². The minimum absolute atomic E-state index is 0.200. The van der Waals surface area contributed by atoms with Crippen molar-refractivity contribution < 1.29 is 4.79 Å². The summed E-state index contributed by atoms with van der Waals surface area (Å²) < 4.78 is 0. The average molecular weight is 315 g/mol. The van der Waals surface area contributed by atoms with Crippen molar-refractivity contribution in [2.45, 2.75) is 38.8 Å². The van der Waals surface area contributed by atoms with E-state index in [1.165, 1.54) is 31.5 Å². The van der Waals surface area contributed by atoms with Gasteiger partial charge in [0.2, 0.25) is 5.91 Å². The van der Waals surface area contributed by atoms with Crippen LogP contribution in [0.2, 0.25) is 0 Å². The van der Waals surface area contributed by atoms with Gasteiger partial charge in [0.05, 0.1) is 6.04 Å². The Kier molecular flexibility index (Phi) is 5.34. The Hall–Kier alpha value is -1.39. The molecular weight excluding hydrogens is 286 g/mol. The molecule has 4 heteroatoms. The number of carbonyl (C=O) groups is 1. The number of hydrogen-bond acceptors (Lipinski definition) is 3. The first-order valence-electron chi connectivity index (χ1n) is 8.97. The summed E-state index contributed by atoms with van der Waals surface area (Å²) in [6, 6.07) is 11.7. The molecule has 0 radical (unpaired) electrons. The van der Waals surface area contributed by atoms with Crippen molar-refractivity contribution >= 4 is 5.91 Å². The number of piperazine rings is 1. The highest BCUT2D eigenvalue weighted by atomic mass is 16.2. The van der Waals surface area contributed by atoms with Crippen LogP contribution >= 0.6 is 0 Å². The summed E-state index contributed by atoms with van der Waals surface area (Å²) in [7, 11) is 0. The monoisotopic (exact) mass is 315 g/mol. The maximum absolute atomic E-state index is 11.8. The van der Waals surface area contributed by atoms with Crippen LogP contribution in [0, 0.1) is 0 Å². The second kappa shape index (κ2) is 7.45. The zero-order chi connectivity index (χ0) is 16.2. The van der Waals surface area contributed by atoms with Crippen molar-refractivity contribution in [3.05, 3.63) is 35.9 Å². The Balaban J connectivity index is 1.76. The molecule has 0 bridgehead atoms. The number of hydrogen-bond donors (Lipinski definition) is 0. The van der Waals surface area contributed by atoms with Gasteiger partial charge in [-0.3, -0.25) is 9.69 Å². The van der Waals surface area contributed by atoms with Gasteiger partial charge in [0.1, 0.15) is 0 Å². The van der Waals surface area contributed by atoms with Gasteiger partial charge in [-0.05, 0) is 38.0 Å². The normalized spacial score (nSPS) is 24.8. The van der Waals surface area contributed by atoms with E-state index in [9.17, 15) is 4.79 Å². The van der Waals surface area contributed by atoms with Crippen molar-refractivity contribution in [2.75, 3.05) is 39.3 Å². The highest BCUT2D eigenvalue weighted by molar-refractivity contribution is 5.73. The lowest BCUT2D eigenvalue weighted by Gasteiger charge is -2.47. The van der Waals surface area contributed by atoms with Gasteiger partial charge in [-0.2, -0.15) is 0 Å². The summed E-state index contributed by atoms with van der Waals surface area (Å²) in [4.78, 5) is 19.1. The third-order valence-corrected chi connectivity index (χ3v) is 5.52. The Morgan fingerprint density at radius 3 is 2.39 bits per heavy atom. The molecule has 1 atom stereocenters. The van der Waals surface area contributed by atoms with Crippen LogP contribution in [0.25, 0.3) is 0 Å². The van der Waals surface area contributed by atoms with Gasteiger partial charge in [-0.15, -0.1) is 0 Å². The molecule has 2 aliphatic heterocycles. The molecule has 0 spiro atoms. The van der Waals surface area contributed by atoms with Crippen molar-refractivity contribution in [3.8, 4) is 0 Å². The Bertz CT molecular complexity index is 511. The zero-order valence-electron chi connectivity index (χ0n) is 14.4. The second-order valence-electron chi connectivity index (χ2n) is 6.79. The van der Waals surface area contributed by atoms with E-state index in [4.69, 9.17) is 0 Å². The van der Waals surface area contributed by atoms with E-state index in [1.54, 1.807) is 6.92 Å². The fourth-order valence-corrected chi connectivity index (χ4v) is 4.06. The van der Waals surface area contributed by atoms with Crippen LogP contribution in [0.15, 0.2) is 30.3 Å². The van der Waals surface area contributed by atoms with E-state index in [0.717, 1.165) is 26.2 Å². The van der Waals surface area contributed by atoms with Crippen LogP contribution in [0.1, 0.15) is 38.3 Å². The molecule has 1 amide bonds. The zero-order valence-corrected chi connectivity index (χ0v) is 14.4. The predicted molar refractivity (Wildman–Crippen MR) is 93.3 cm³/mol. The Labute approximate surface area is 140 Å². The van der Waals surface area contributed by atoms with Crippen LogP contribution in [-0.2, 0) is 4.79 Å². The molecule has 0 aromatic heterocycles. The first-order valence-corrected chi connectivity index (χ1v) is 8.97. The number of likely N-dealkylation sites (tertiary alicyclic amines) is 1. The van der Waals surface area contributed by atoms with E-state index >= 15 is 0 Å². The molecule has 2 heterocycles. The van der Waals surface area contributed by atoms with Gasteiger partial charge in [0.15, 0.2) is 0 Å². The molecule has 23 heavy (non-hydrogen) atoms. The molecule has 0 unspecified atom stereocenters. The van der Waals surface area contributed by atoms with Gasteiger partial charge >= 0.3 is 0 Å². The molecule has 126 valence electrons. The van der Waals surface area contributed by atoms with Gasteiger partial charge in [-0.1, -0.05) is 37.3 Å². The molecule has 0 N–H and O–H groups in total. The van der Waals surface area contributed by atoms with Gasteiger partial charge in [0, 0.05) is 32.6 Å². The topological polar surface area (TPSA) is 26.8 Å². The number of amides is 1. The lowest BCUT2D eigenvalue weighted by molar-refractivity contribution is -0.132. The first-order chi connectivity index (χ1) is 11.2. The Morgan fingerprint density at radius 2 is 1.78 bits per heavy atom. The third-order valence-electron chi connectivity index (χ3n) is 5.52. The molecule has 1 aromatic rings. The van der Waals surface area contributed by atoms with Gasteiger partial charge < -0.3 is 9.80 Å². The lowest BCUT2D eigenvalue weighted by atomic mass is 9.95. The highest BCUT2D eigenvalue weighted by Crippen LogP contribution is 2.31. The van der Waals surface area contributed by atoms with E-state index in [1.807, 2.05) is 4.90 Å². The highest BCUT2D eigenvalue weighted by Gasteiger charge is 2.35. The summed E-state index contributed by atoms with van der Waals surface area (Å²) in [5, 5.41) is 0. The SMILES string of the molecule is CCN1CCC(N2CCN(C(C)=O)C[C@@H]2c2ccccc2)CC1. The number of carbonyl (C=O) groups excluding carboxylic acids is 1. The summed E-state index contributed by atoms with van der Waals surface area (Å²) in [5.41, 5.74) is 1.34. The average Bonchev–Trinajstić information content (AvgIpc) is 2.62. The van der Waals surface area contributed by atoms with E-state index in [0.29, 0.717) is 12.1 Å². The summed E-state index contributed by atoms with van der Waals surface area (Å²) >= 11 is 0. The van der Waals surface area contributed by atoms with Crippen molar-refractivity contribution in [3.63, 3.8) is 0 Å². The lowest BCUT2D eigenvalue weighted by Crippen LogP contribution is -2.55. The summed E-state index contributed by atoms with van der Waals surface area (Å²) in [5.74, 6) is 0.200. The molecule has 0 aliphatic carbocycles. The molecule has 4 nitrogen and oxygen atoms in total. The summed E-state index contributed by atoms with van der Waals surface area (Å²) in [6.45, 7) is 10.2. The standard InChI is InChI=1S/C19H29N3O/c1-3-20-11-9-18(10-12-20)22-14-13-21(16(2)23)15-19(22)17-7-5-4-6-8-17/h4-8,18-19H,3,9-15H2,1-2H3/t19-/m1/s1. The predicted octanol–water partition coefficient (Wildman–Crippen LogP) is 2.38. The molecule has 2 saturated heterocycles. The quantitative estimate of drug-likeness (QED) is 0.857. The fourth-order valence-electron chi connectivity index (χ4n) is 4.06. The molecule has 3 rings (SSSR count). The molecular formula is C19H29N3O. The number of piperidine rings is 1. The first kappa shape index (κ1) is 16.5. The number of benzene rings is 1. The van der Waals surface area contributed by atoms with E-state index < -0.39 is 0 Å². The molecule has 1 aromatic carbocycles. The van der Waals surface area contributed by atoms with Crippen molar-refractivity contribution in [2.24, 2.45) is 0 Å². The van der Waals surface area contributed by atoms with Gasteiger partial charge in [0.25, 0.3) is 0 Å². The van der Waals surface area contributed by atoms with Gasteiger partial charge in [-0.25, -0.2) is 0 Å². The number of rotatable bonds is 3. The number of nitrogens with zero attached hydrogens (tertiary/aromatic N) is 3. The minimum Gasteiger partial charge on any atom is -0.340 e. The van der Waals surface area contributed by atoms with E-state index in [-0.39, 0.29) is 5.91 Å². The van der Waals surface area contributed by atoms with Crippen LogP contribution in [-0.4, -0.2) is 65.9 Å². The maximum Gasteiger partial charge on any atom is 0.219 e. The molecule has 2 fully saturated rings. The van der Waals surface area contributed by atoms with Crippen LogP contribution < -0.4 is 0 Å². The summed E-state index contributed by atoms with van der Waals surface area (Å²) in [6.07, 6.45) is 2.49. The van der Waals surface area contributed by atoms with Crippen LogP contribution in [0.3, 0.4) is 0 Å². The van der Waals surface area contributed by atoms with E-state index in [2.05, 4.69) is 47.1 Å². The van der Waals surface area contributed by atoms with Crippen LogP contribution in [0.5, 0.6) is 0 Å². The second-order valence-corrected chi connectivity index (χ2v) is 6.79.